The third-order valence-electron chi connectivity index (χ3n) is 2.96. The van der Waals surface area contributed by atoms with Crippen molar-refractivity contribution in [3.63, 3.8) is 0 Å². The molecule has 112 valence electrons. The third kappa shape index (κ3) is 4.24. The molecule has 0 aliphatic carbocycles. The van der Waals surface area contributed by atoms with Gasteiger partial charge in [-0.3, -0.25) is 0 Å². The highest BCUT2D eigenvalue weighted by atomic mass is 15.1. The molecule has 0 saturated carbocycles. The molecule has 1 aromatic carbocycles. The Kier molecular flexibility index (Phi) is 4.81. The number of anilines is 5. The molecule has 21 heavy (non-hydrogen) atoms. The molecular formula is C15H22N6. The Hall–Kier alpha value is -2.50. The molecule has 6 nitrogen and oxygen atoms in total. The summed E-state index contributed by atoms with van der Waals surface area (Å²) in [4.78, 5) is 10.4. The minimum atomic E-state index is 0.253. The van der Waals surface area contributed by atoms with Crippen LogP contribution in [0.3, 0.4) is 0 Å². The molecule has 2 aromatic rings. The van der Waals surface area contributed by atoms with Gasteiger partial charge in [-0.1, -0.05) is 6.92 Å². The van der Waals surface area contributed by atoms with Crippen molar-refractivity contribution in [2.24, 2.45) is 0 Å². The SMILES string of the molecule is CCCNc1cc(Nc2ccc(N(C)C)cc2)nc(N)n1. The zero-order valence-corrected chi connectivity index (χ0v) is 12.7. The topological polar surface area (TPSA) is 79.1 Å². The van der Waals surface area contributed by atoms with Crippen molar-refractivity contribution in [3.8, 4) is 0 Å². The van der Waals surface area contributed by atoms with Crippen LogP contribution in [0.5, 0.6) is 0 Å². The minimum absolute atomic E-state index is 0.253. The molecule has 2 rings (SSSR count). The molecule has 0 atom stereocenters. The summed E-state index contributed by atoms with van der Waals surface area (Å²) in [6, 6.07) is 9.96. The number of nitrogens with one attached hydrogen (secondary N) is 2. The van der Waals surface area contributed by atoms with Gasteiger partial charge in [0, 0.05) is 38.1 Å². The lowest BCUT2D eigenvalue weighted by molar-refractivity contribution is 0.967. The predicted molar refractivity (Wildman–Crippen MR) is 89.3 cm³/mol. The zero-order chi connectivity index (χ0) is 15.2. The van der Waals surface area contributed by atoms with Crippen LogP contribution in [0.4, 0.5) is 29.0 Å². The number of hydrogen-bond donors (Lipinski definition) is 3. The molecule has 0 aliphatic rings. The second-order valence-electron chi connectivity index (χ2n) is 4.99. The van der Waals surface area contributed by atoms with E-state index in [9.17, 15) is 0 Å². The first-order chi connectivity index (χ1) is 10.1. The second-order valence-corrected chi connectivity index (χ2v) is 4.99. The van der Waals surface area contributed by atoms with E-state index in [1.807, 2.05) is 44.4 Å². The Morgan fingerprint density at radius 1 is 1.10 bits per heavy atom. The van der Waals surface area contributed by atoms with Crippen LogP contribution >= 0.6 is 0 Å². The number of nitrogen functional groups attached to an aromatic ring is 1. The average molecular weight is 286 g/mol. The van der Waals surface area contributed by atoms with Gasteiger partial charge in [0.1, 0.15) is 11.6 Å². The molecule has 0 amide bonds. The smallest absolute Gasteiger partial charge is 0.223 e. The van der Waals surface area contributed by atoms with Crippen LogP contribution in [0.15, 0.2) is 30.3 Å². The largest absolute Gasteiger partial charge is 0.378 e. The second kappa shape index (κ2) is 6.78. The standard InChI is InChI=1S/C15H22N6/c1-4-9-17-13-10-14(20-15(16)19-13)18-11-5-7-12(8-6-11)21(2)3/h5-8,10H,4,9H2,1-3H3,(H4,16,17,18,19,20). The fourth-order valence-electron chi connectivity index (χ4n) is 1.86. The predicted octanol–water partition coefficient (Wildman–Crippen LogP) is 2.69. The maximum atomic E-state index is 5.74. The molecule has 0 aliphatic heterocycles. The van der Waals surface area contributed by atoms with Gasteiger partial charge in [0.15, 0.2) is 0 Å². The first-order valence-electron chi connectivity index (χ1n) is 7.01. The van der Waals surface area contributed by atoms with E-state index in [0.717, 1.165) is 30.2 Å². The molecule has 1 heterocycles. The first kappa shape index (κ1) is 14.9. The van der Waals surface area contributed by atoms with E-state index < -0.39 is 0 Å². The highest BCUT2D eigenvalue weighted by Gasteiger charge is 2.03. The fourth-order valence-corrected chi connectivity index (χ4v) is 1.86. The lowest BCUT2D eigenvalue weighted by Crippen LogP contribution is -2.08. The van der Waals surface area contributed by atoms with Gasteiger partial charge in [0.25, 0.3) is 0 Å². The average Bonchev–Trinajstić information content (AvgIpc) is 2.45. The molecule has 6 heteroatoms. The molecule has 4 N–H and O–H groups in total. The van der Waals surface area contributed by atoms with Crippen LogP contribution in [0.1, 0.15) is 13.3 Å². The summed E-state index contributed by atoms with van der Waals surface area (Å²) in [5.41, 5.74) is 7.84. The maximum absolute atomic E-state index is 5.74. The first-order valence-corrected chi connectivity index (χ1v) is 7.01. The summed E-state index contributed by atoms with van der Waals surface area (Å²) in [6.07, 6.45) is 1.03. The van der Waals surface area contributed by atoms with Crippen LogP contribution in [0.25, 0.3) is 0 Å². The Morgan fingerprint density at radius 2 is 1.76 bits per heavy atom. The van der Waals surface area contributed by atoms with Gasteiger partial charge in [0.05, 0.1) is 0 Å². The van der Waals surface area contributed by atoms with Gasteiger partial charge in [-0.05, 0) is 30.7 Å². The van der Waals surface area contributed by atoms with Crippen LogP contribution in [0, 0.1) is 0 Å². The van der Waals surface area contributed by atoms with Gasteiger partial charge in [-0.15, -0.1) is 0 Å². The Morgan fingerprint density at radius 3 is 2.38 bits per heavy atom. The maximum Gasteiger partial charge on any atom is 0.223 e. The molecule has 0 spiro atoms. The zero-order valence-electron chi connectivity index (χ0n) is 12.7. The van der Waals surface area contributed by atoms with E-state index in [4.69, 9.17) is 5.73 Å². The van der Waals surface area contributed by atoms with Gasteiger partial charge in [0.2, 0.25) is 5.95 Å². The van der Waals surface area contributed by atoms with Crippen molar-refractivity contribution in [2.45, 2.75) is 13.3 Å². The lowest BCUT2D eigenvalue weighted by atomic mass is 10.2. The molecule has 0 saturated heterocycles. The van der Waals surface area contributed by atoms with Crippen LogP contribution in [0.2, 0.25) is 0 Å². The van der Waals surface area contributed by atoms with E-state index in [-0.39, 0.29) is 5.95 Å². The van der Waals surface area contributed by atoms with E-state index in [1.54, 1.807) is 0 Å². The Bertz CT molecular complexity index is 579. The number of benzene rings is 1. The van der Waals surface area contributed by atoms with E-state index >= 15 is 0 Å². The minimum Gasteiger partial charge on any atom is -0.378 e. The van der Waals surface area contributed by atoms with Crippen LogP contribution in [-0.4, -0.2) is 30.6 Å². The molecule has 0 bridgehead atoms. The normalized spacial score (nSPS) is 10.2. The number of aromatic nitrogens is 2. The number of nitrogens with zero attached hydrogens (tertiary/aromatic N) is 3. The van der Waals surface area contributed by atoms with Crippen molar-refractivity contribution in [1.82, 2.24) is 9.97 Å². The van der Waals surface area contributed by atoms with Crippen molar-refractivity contribution in [1.29, 1.82) is 0 Å². The van der Waals surface area contributed by atoms with Gasteiger partial charge in [-0.25, -0.2) is 0 Å². The summed E-state index contributed by atoms with van der Waals surface area (Å²) < 4.78 is 0. The molecule has 0 fully saturated rings. The van der Waals surface area contributed by atoms with E-state index in [1.165, 1.54) is 0 Å². The fraction of sp³-hybridized carbons (Fsp3) is 0.333. The number of nitrogens with two attached hydrogens (primary N) is 1. The van der Waals surface area contributed by atoms with Gasteiger partial charge >= 0.3 is 0 Å². The quantitative estimate of drug-likeness (QED) is 0.757. The molecule has 0 radical (unpaired) electrons. The number of rotatable bonds is 6. The summed E-state index contributed by atoms with van der Waals surface area (Å²) in [7, 11) is 4.03. The van der Waals surface area contributed by atoms with Crippen LogP contribution in [-0.2, 0) is 0 Å². The molecular weight excluding hydrogens is 264 g/mol. The molecule has 0 unspecified atom stereocenters. The molecule has 1 aromatic heterocycles. The monoisotopic (exact) mass is 286 g/mol. The van der Waals surface area contributed by atoms with E-state index in [2.05, 4.69) is 32.4 Å². The number of hydrogen-bond acceptors (Lipinski definition) is 6. The van der Waals surface area contributed by atoms with Crippen molar-refractivity contribution >= 4 is 29.0 Å². The van der Waals surface area contributed by atoms with E-state index in [0.29, 0.717) is 5.82 Å². The summed E-state index contributed by atoms with van der Waals surface area (Å²) in [6.45, 7) is 2.95. The Balaban J connectivity index is 2.12. The highest BCUT2D eigenvalue weighted by Crippen LogP contribution is 2.21. The lowest BCUT2D eigenvalue weighted by Gasteiger charge is -2.13. The summed E-state index contributed by atoms with van der Waals surface area (Å²) >= 11 is 0. The summed E-state index contributed by atoms with van der Waals surface area (Å²) in [5.74, 6) is 1.67. The Labute approximate surface area is 125 Å². The van der Waals surface area contributed by atoms with Gasteiger partial charge < -0.3 is 21.3 Å². The van der Waals surface area contributed by atoms with Crippen molar-refractivity contribution in [2.75, 3.05) is 41.9 Å². The van der Waals surface area contributed by atoms with Gasteiger partial charge in [-0.2, -0.15) is 9.97 Å². The highest BCUT2D eigenvalue weighted by molar-refractivity contribution is 5.63. The van der Waals surface area contributed by atoms with Crippen molar-refractivity contribution < 1.29 is 0 Å². The van der Waals surface area contributed by atoms with Crippen LogP contribution < -0.4 is 21.3 Å². The summed E-state index contributed by atoms with van der Waals surface area (Å²) in [5, 5.41) is 6.45. The third-order valence-corrected chi connectivity index (χ3v) is 2.96. The van der Waals surface area contributed by atoms with Crippen molar-refractivity contribution in [3.05, 3.63) is 30.3 Å².